The van der Waals surface area contributed by atoms with Gasteiger partial charge in [0.1, 0.15) is 0 Å². The summed E-state index contributed by atoms with van der Waals surface area (Å²) in [5.41, 5.74) is 3.59. The monoisotopic (exact) mass is 232 g/mol. The quantitative estimate of drug-likeness (QED) is 0.385. The second-order valence-electron chi connectivity index (χ2n) is 5.92. The summed E-state index contributed by atoms with van der Waals surface area (Å²) in [4.78, 5) is 0. The molecule has 2 rings (SSSR count). The Morgan fingerprint density at radius 2 is 1.47 bits per heavy atom. The highest BCUT2D eigenvalue weighted by Crippen LogP contribution is 2.40. The van der Waals surface area contributed by atoms with Gasteiger partial charge in [0.05, 0.1) is 0 Å². The number of allylic oxidation sites excluding steroid dienone is 4. The fourth-order valence-electron chi connectivity index (χ4n) is 3.38. The molecule has 0 fully saturated rings. The average Bonchev–Trinajstić information content (AvgIpc) is 2.76. The molecule has 0 bridgehead atoms. The van der Waals surface area contributed by atoms with Gasteiger partial charge in [-0.3, -0.25) is 0 Å². The van der Waals surface area contributed by atoms with Gasteiger partial charge in [-0.05, 0) is 38.0 Å². The van der Waals surface area contributed by atoms with Crippen molar-refractivity contribution in [1.29, 1.82) is 0 Å². The van der Waals surface area contributed by atoms with Crippen LogP contribution in [0.4, 0.5) is 0 Å². The summed E-state index contributed by atoms with van der Waals surface area (Å²) in [6, 6.07) is 0. The lowest BCUT2D eigenvalue weighted by molar-refractivity contribution is 0.465. The molecule has 0 aromatic rings. The Balaban J connectivity index is 1.54. The average molecular weight is 232 g/mol. The van der Waals surface area contributed by atoms with Crippen molar-refractivity contribution in [3.63, 3.8) is 0 Å². The molecule has 0 saturated heterocycles. The van der Waals surface area contributed by atoms with E-state index < -0.39 is 0 Å². The zero-order valence-corrected chi connectivity index (χ0v) is 11.5. The molecular formula is C17H28. The summed E-state index contributed by atoms with van der Waals surface area (Å²) in [5.74, 6) is 1.01. The zero-order chi connectivity index (χ0) is 11.9. The van der Waals surface area contributed by atoms with Gasteiger partial charge in [-0.2, -0.15) is 0 Å². The van der Waals surface area contributed by atoms with Gasteiger partial charge >= 0.3 is 0 Å². The third-order valence-electron chi connectivity index (χ3n) is 4.43. The lowest BCUT2D eigenvalue weighted by Crippen LogP contribution is -1.95. The molecule has 17 heavy (non-hydrogen) atoms. The summed E-state index contributed by atoms with van der Waals surface area (Å²) in [7, 11) is 0. The topological polar surface area (TPSA) is 0 Å². The van der Waals surface area contributed by atoms with Crippen LogP contribution in [0, 0.1) is 5.92 Å². The standard InChI is InChI=1S/C17H28/c1-2-3-4-5-6-7-10-15-13-16-11-8-9-12-17(16)14-15/h8-9,15H,2-7,10-14H2,1H3. The fraction of sp³-hybridized carbons (Fsp3) is 0.765. The third kappa shape index (κ3) is 4.01. The first-order valence-corrected chi connectivity index (χ1v) is 7.75. The van der Waals surface area contributed by atoms with E-state index in [-0.39, 0.29) is 0 Å². The second kappa shape index (κ2) is 7.03. The Morgan fingerprint density at radius 3 is 2.12 bits per heavy atom. The smallest absolute Gasteiger partial charge is 0.0136 e. The van der Waals surface area contributed by atoms with Crippen LogP contribution in [0.3, 0.4) is 0 Å². The summed E-state index contributed by atoms with van der Waals surface area (Å²) >= 11 is 0. The minimum Gasteiger partial charge on any atom is -0.0841 e. The minimum absolute atomic E-state index is 1.01. The van der Waals surface area contributed by atoms with Crippen molar-refractivity contribution in [3.05, 3.63) is 23.3 Å². The molecule has 0 atom stereocenters. The van der Waals surface area contributed by atoms with Crippen molar-refractivity contribution >= 4 is 0 Å². The molecule has 0 N–H and O–H groups in total. The van der Waals surface area contributed by atoms with Crippen LogP contribution in [0.2, 0.25) is 0 Å². The normalized spacial score (nSPS) is 20.1. The molecule has 0 heterocycles. The molecule has 0 amide bonds. The Kier molecular flexibility index (Phi) is 5.35. The highest BCUT2D eigenvalue weighted by atomic mass is 14.3. The van der Waals surface area contributed by atoms with Crippen LogP contribution in [-0.2, 0) is 0 Å². The highest BCUT2D eigenvalue weighted by Gasteiger charge is 2.23. The lowest BCUT2D eigenvalue weighted by atomic mass is 9.96. The third-order valence-corrected chi connectivity index (χ3v) is 4.43. The van der Waals surface area contributed by atoms with Crippen LogP contribution in [0.1, 0.15) is 77.6 Å². The maximum Gasteiger partial charge on any atom is -0.0136 e. The first-order chi connectivity index (χ1) is 8.40. The molecule has 96 valence electrons. The highest BCUT2D eigenvalue weighted by molar-refractivity contribution is 5.28. The molecular weight excluding hydrogens is 204 g/mol. The first-order valence-electron chi connectivity index (χ1n) is 7.75. The molecule has 0 saturated carbocycles. The molecule has 0 aliphatic heterocycles. The van der Waals surface area contributed by atoms with Gasteiger partial charge in [0.25, 0.3) is 0 Å². The number of hydrogen-bond donors (Lipinski definition) is 0. The van der Waals surface area contributed by atoms with E-state index in [2.05, 4.69) is 19.1 Å². The predicted molar refractivity (Wildman–Crippen MR) is 76.1 cm³/mol. The van der Waals surface area contributed by atoms with Gasteiger partial charge < -0.3 is 0 Å². The molecule has 0 nitrogen and oxygen atoms in total. The summed E-state index contributed by atoms with van der Waals surface area (Å²) < 4.78 is 0. The van der Waals surface area contributed by atoms with Gasteiger partial charge in [-0.1, -0.05) is 68.7 Å². The molecule has 0 aromatic heterocycles. The van der Waals surface area contributed by atoms with E-state index in [9.17, 15) is 0 Å². The Labute approximate surface area is 107 Å². The predicted octanol–water partition coefficient (Wildman–Crippen LogP) is 5.79. The number of hydrogen-bond acceptors (Lipinski definition) is 0. The van der Waals surface area contributed by atoms with Gasteiger partial charge in [-0.15, -0.1) is 0 Å². The van der Waals surface area contributed by atoms with Gasteiger partial charge in [-0.25, -0.2) is 0 Å². The summed E-state index contributed by atoms with van der Waals surface area (Å²) in [6.07, 6.45) is 20.3. The maximum atomic E-state index is 2.37. The van der Waals surface area contributed by atoms with Crippen molar-refractivity contribution in [2.24, 2.45) is 5.92 Å². The van der Waals surface area contributed by atoms with Crippen LogP contribution in [-0.4, -0.2) is 0 Å². The molecule has 2 aliphatic carbocycles. The fourth-order valence-corrected chi connectivity index (χ4v) is 3.38. The van der Waals surface area contributed by atoms with Crippen molar-refractivity contribution < 1.29 is 0 Å². The van der Waals surface area contributed by atoms with E-state index in [1.54, 1.807) is 11.1 Å². The first kappa shape index (κ1) is 12.9. The largest absolute Gasteiger partial charge is 0.0841 e. The van der Waals surface area contributed by atoms with Crippen LogP contribution < -0.4 is 0 Å². The molecule has 0 radical (unpaired) electrons. The number of rotatable bonds is 7. The van der Waals surface area contributed by atoms with Crippen molar-refractivity contribution in [2.45, 2.75) is 77.6 Å². The van der Waals surface area contributed by atoms with Crippen LogP contribution in [0.15, 0.2) is 23.3 Å². The summed E-state index contributed by atoms with van der Waals surface area (Å²) in [5, 5.41) is 0. The van der Waals surface area contributed by atoms with E-state index in [0.29, 0.717) is 0 Å². The van der Waals surface area contributed by atoms with E-state index in [4.69, 9.17) is 0 Å². The Bertz CT molecular complexity index is 262. The van der Waals surface area contributed by atoms with Crippen molar-refractivity contribution in [3.8, 4) is 0 Å². The molecule has 0 aromatic carbocycles. The SMILES string of the molecule is CCCCCCCCC1CC2=C(CC=CC2)C1. The minimum atomic E-state index is 1.01. The van der Waals surface area contributed by atoms with Gasteiger partial charge in [0.2, 0.25) is 0 Å². The van der Waals surface area contributed by atoms with Crippen LogP contribution in [0.5, 0.6) is 0 Å². The maximum absolute atomic E-state index is 2.37. The molecule has 0 heteroatoms. The van der Waals surface area contributed by atoms with Gasteiger partial charge in [0.15, 0.2) is 0 Å². The molecule has 0 spiro atoms. The summed E-state index contributed by atoms with van der Waals surface area (Å²) in [6.45, 7) is 2.29. The van der Waals surface area contributed by atoms with E-state index in [1.165, 1.54) is 70.6 Å². The Hall–Kier alpha value is -0.520. The van der Waals surface area contributed by atoms with E-state index in [1.807, 2.05) is 0 Å². The van der Waals surface area contributed by atoms with E-state index in [0.717, 1.165) is 5.92 Å². The van der Waals surface area contributed by atoms with Gasteiger partial charge in [0, 0.05) is 0 Å². The lowest BCUT2D eigenvalue weighted by Gasteiger charge is -2.09. The number of unbranched alkanes of at least 4 members (excludes halogenated alkanes) is 5. The second-order valence-corrected chi connectivity index (χ2v) is 5.92. The molecule has 2 aliphatic rings. The van der Waals surface area contributed by atoms with E-state index >= 15 is 0 Å². The zero-order valence-electron chi connectivity index (χ0n) is 11.5. The molecule has 0 unspecified atom stereocenters. The van der Waals surface area contributed by atoms with Crippen molar-refractivity contribution in [2.75, 3.05) is 0 Å². The van der Waals surface area contributed by atoms with Crippen molar-refractivity contribution in [1.82, 2.24) is 0 Å². The van der Waals surface area contributed by atoms with Crippen LogP contribution >= 0.6 is 0 Å². The Morgan fingerprint density at radius 1 is 0.882 bits per heavy atom. The van der Waals surface area contributed by atoms with Crippen LogP contribution in [0.25, 0.3) is 0 Å².